The second-order valence-electron chi connectivity index (χ2n) is 5.92. The van der Waals surface area contributed by atoms with E-state index in [-0.39, 0.29) is 12.4 Å². The Morgan fingerprint density at radius 2 is 2.05 bits per heavy atom. The second kappa shape index (κ2) is 5.18. The molecular formula is C17H20ClNS. The van der Waals surface area contributed by atoms with Crippen LogP contribution in [0.5, 0.6) is 0 Å². The van der Waals surface area contributed by atoms with Crippen molar-refractivity contribution in [3.05, 3.63) is 40.3 Å². The van der Waals surface area contributed by atoms with E-state index >= 15 is 0 Å². The first-order valence-corrected chi connectivity index (χ1v) is 8.02. The van der Waals surface area contributed by atoms with Gasteiger partial charge in [0.15, 0.2) is 0 Å². The van der Waals surface area contributed by atoms with Crippen molar-refractivity contribution in [3.8, 4) is 0 Å². The molecule has 20 heavy (non-hydrogen) atoms. The van der Waals surface area contributed by atoms with Gasteiger partial charge in [0.1, 0.15) is 0 Å². The Morgan fingerprint density at radius 1 is 1.25 bits per heavy atom. The fourth-order valence-electron chi connectivity index (χ4n) is 4.13. The van der Waals surface area contributed by atoms with Gasteiger partial charge in [-0.25, -0.2) is 0 Å². The van der Waals surface area contributed by atoms with Crippen molar-refractivity contribution in [1.29, 1.82) is 0 Å². The number of fused-ring (bicyclic) bond motifs is 3. The molecule has 0 aliphatic heterocycles. The van der Waals surface area contributed by atoms with E-state index in [2.05, 4.69) is 31.2 Å². The zero-order chi connectivity index (χ0) is 13.0. The maximum absolute atomic E-state index is 6.04. The molecule has 4 rings (SSSR count). The Hall–Kier alpha value is -0.830. The lowest BCUT2D eigenvalue weighted by atomic mass is 9.86. The van der Waals surface area contributed by atoms with Gasteiger partial charge in [-0.1, -0.05) is 12.1 Å². The molecule has 1 aromatic heterocycles. The summed E-state index contributed by atoms with van der Waals surface area (Å²) in [4.78, 5) is 1.40. The Bertz CT molecular complexity index is 685. The Kier molecular flexibility index (Phi) is 3.65. The average molecular weight is 306 g/mol. The number of halogens is 1. The first kappa shape index (κ1) is 14.1. The Labute approximate surface area is 130 Å². The summed E-state index contributed by atoms with van der Waals surface area (Å²) < 4.78 is 1.42. The fourth-order valence-corrected chi connectivity index (χ4v) is 5.08. The number of benzene rings is 1. The second-order valence-corrected chi connectivity index (χ2v) is 7.21. The molecule has 2 aliphatic rings. The summed E-state index contributed by atoms with van der Waals surface area (Å²) in [6.45, 7) is 2.95. The third-order valence-electron chi connectivity index (χ3n) is 4.87. The molecule has 2 aliphatic carbocycles. The molecule has 1 aromatic carbocycles. The Balaban J connectivity index is 0.00000121. The largest absolute Gasteiger partial charge is 0.327 e. The van der Waals surface area contributed by atoms with E-state index in [1.54, 1.807) is 11.1 Å². The van der Waals surface area contributed by atoms with Gasteiger partial charge in [0.05, 0.1) is 0 Å². The van der Waals surface area contributed by atoms with Crippen molar-refractivity contribution in [2.45, 2.75) is 26.2 Å². The first-order valence-electron chi connectivity index (χ1n) is 7.20. The highest BCUT2D eigenvalue weighted by molar-refractivity contribution is 7.19. The highest BCUT2D eigenvalue weighted by Gasteiger charge is 2.39. The van der Waals surface area contributed by atoms with E-state index in [0.717, 1.165) is 18.4 Å². The fraction of sp³-hybridized carbons (Fsp3) is 0.412. The van der Waals surface area contributed by atoms with Crippen LogP contribution in [0.4, 0.5) is 0 Å². The summed E-state index contributed by atoms with van der Waals surface area (Å²) in [6.07, 6.45) is 4.07. The number of allylic oxidation sites excluding steroid dienone is 1. The number of hydrogen-bond acceptors (Lipinski definition) is 2. The molecule has 1 saturated carbocycles. The van der Waals surface area contributed by atoms with Crippen molar-refractivity contribution in [3.63, 3.8) is 0 Å². The minimum Gasteiger partial charge on any atom is -0.327 e. The van der Waals surface area contributed by atoms with Crippen LogP contribution in [0, 0.1) is 18.8 Å². The quantitative estimate of drug-likeness (QED) is 0.849. The molecule has 106 valence electrons. The van der Waals surface area contributed by atoms with Gasteiger partial charge in [-0.2, -0.15) is 0 Å². The third-order valence-corrected chi connectivity index (χ3v) is 5.89. The highest BCUT2D eigenvalue weighted by atomic mass is 35.5. The van der Waals surface area contributed by atoms with E-state index in [1.165, 1.54) is 39.8 Å². The lowest BCUT2D eigenvalue weighted by Gasteiger charge is -2.20. The van der Waals surface area contributed by atoms with Crippen LogP contribution in [0.25, 0.3) is 15.7 Å². The number of rotatable bonds is 2. The summed E-state index contributed by atoms with van der Waals surface area (Å²) in [7, 11) is 0. The van der Waals surface area contributed by atoms with Crippen molar-refractivity contribution in [2.24, 2.45) is 17.6 Å². The SMILES string of the molecule is Cc1cc2c(C3=C(CN)C4CCC3C4)cccc2s1.Cl. The molecule has 1 fully saturated rings. The predicted octanol–water partition coefficient (Wildman–Crippen LogP) is 4.77. The van der Waals surface area contributed by atoms with Crippen molar-refractivity contribution in [2.75, 3.05) is 6.54 Å². The molecule has 1 nitrogen and oxygen atoms in total. The van der Waals surface area contributed by atoms with Gasteiger partial charge in [0.25, 0.3) is 0 Å². The monoisotopic (exact) mass is 305 g/mol. The lowest BCUT2D eigenvalue weighted by molar-refractivity contribution is 0.646. The van der Waals surface area contributed by atoms with Crippen LogP contribution < -0.4 is 5.73 Å². The molecule has 0 radical (unpaired) electrons. The van der Waals surface area contributed by atoms with Gasteiger partial charge in [0.2, 0.25) is 0 Å². The van der Waals surface area contributed by atoms with Crippen molar-refractivity contribution >= 4 is 39.4 Å². The van der Waals surface area contributed by atoms with Crippen molar-refractivity contribution in [1.82, 2.24) is 0 Å². The summed E-state index contributed by atoms with van der Waals surface area (Å²) in [6, 6.07) is 9.11. The molecule has 2 N–H and O–H groups in total. The topological polar surface area (TPSA) is 26.0 Å². The maximum Gasteiger partial charge on any atom is 0.0351 e. The lowest BCUT2D eigenvalue weighted by Crippen LogP contribution is -2.12. The van der Waals surface area contributed by atoms with Crippen LogP contribution in [0.2, 0.25) is 0 Å². The van der Waals surface area contributed by atoms with E-state index in [1.807, 2.05) is 11.3 Å². The zero-order valence-electron chi connectivity index (χ0n) is 11.7. The predicted molar refractivity (Wildman–Crippen MR) is 90.6 cm³/mol. The molecule has 0 saturated heterocycles. The molecule has 2 unspecified atom stereocenters. The summed E-state index contributed by atoms with van der Waals surface area (Å²) in [5, 5.41) is 1.44. The van der Waals surface area contributed by atoms with Gasteiger partial charge in [-0.15, -0.1) is 23.7 Å². The van der Waals surface area contributed by atoms with Gasteiger partial charge < -0.3 is 5.73 Å². The molecule has 2 bridgehead atoms. The molecule has 2 atom stereocenters. The number of nitrogens with two attached hydrogens (primary N) is 1. The van der Waals surface area contributed by atoms with Crippen LogP contribution in [0.15, 0.2) is 29.8 Å². The normalized spacial score (nSPS) is 24.5. The summed E-state index contributed by atoms with van der Waals surface area (Å²) in [5.74, 6) is 1.55. The Morgan fingerprint density at radius 3 is 2.85 bits per heavy atom. The van der Waals surface area contributed by atoms with Crippen LogP contribution in [-0.4, -0.2) is 6.54 Å². The number of thiophene rings is 1. The molecule has 2 aromatic rings. The van der Waals surface area contributed by atoms with Crippen molar-refractivity contribution < 1.29 is 0 Å². The smallest absolute Gasteiger partial charge is 0.0351 e. The standard InChI is InChI=1S/C17H19NS.ClH/c1-10-7-14-13(3-2-4-16(14)19-10)17-12-6-5-11(8-12)15(17)9-18;/h2-4,7,11-12H,5-6,8-9,18H2,1H3;1H. The van der Waals surface area contributed by atoms with Gasteiger partial charge in [-0.05, 0) is 66.9 Å². The maximum atomic E-state index is 6.04. The van der Waals surface area contributed by atoms with Crippen LogP contribution >= 0.6 is 23.7 Å². The number of hydrogen-bond donors (Lipinski definition) is 1. The van der Waals surface area contributed by atoms with Gasteiger partial charge in [0, 0.05) is 21.5 Å². The third kappa shape index (κ3) is 1.93. The van der Waals surface area contributed by atoms with E-state index in [4.69, 9.17) is 5.73 Å². The average Bonchev–Trinajstić information content (AvgIpc) is 3.08. The molecule has 1 heterocycles. The highest BCUT2D eigenvalue weighted by Crippen LogP contribution is 2.53. The summed E-state index contributed by atoms with van der Waals surface area (Å²) in [5.41, 5.74) is 10.7. The van der Waals surface area contributed by atoms with Gasteiger partial charge in [-0.3, -0.25) is 0 Å². The van der Waals surface area contributed by atoms with E-state index in [0.29, 0.717) is 0 Å². The van der Waals surface area contributed by atoms with Crippen LogP contribution in [0.3, 0.4) is 0 Å². The van der Waals surface area contributed by atoms with E-state index in [9.17, 15) is 0 Å². The summed E-state index contributed by atoms with van der Waals surface area (Å²) >= 11 is 1.90. The zero-order valence-corrected chi connectivity index (χ0v) is 13.3. The van der Waals surface area contributed by atoms with Crippen LogP contribution in [-0.2, 0) is 0 Å². The number of aryl methyl sites for hydroxylation is 1. The molecular weight excluding hydrogens is 286 g/mol. The minimum absolute atomic E-state index is 0. The molecule has 3 heteroatoms. The minimum atomic E-state index is 0. The van der Waals surface area contributed by atoms with Crippen LogP contribution in [0.1, 0.15) is 29.7 Å². The van der Waals surface area contributed by atoms with E-state index < -0.39 is 0 Å². The molecule has 0 amide bonds. The van der Waals surface area contributed by atoms with Gasteiger partial charge >= 0.3 is 0 Å². The molecule has 0 spiro atoms. The first-order chi connectivity index (χ1) is 9.28.